The summed E-state index contributed by atoms with van der Waals surface area (Å²) in [7, 11) is 0. The van der Waals surface area contributed by atoms with Gasteiger partial charge in [-0.15, -0.1) is 6.58 Å². The second kappa shape index (κ2) is 7.57. The van der Waals surface area contributed by atoms with Gasteiger partial charge < -0.3 is 5.11 Å². The molecule has 1 heteroatoms. The van der Waals surface area contributed by atoms with Gasteiger partial charge in [-0.05, 0) is 39.5 Å². The molecule has 0 spiro atoms. The SMILES string of the molecule is C=CCC/C=C(\C)CCC(O)C(=C)C. The van der Waals surface area contributed by atoms with Crippen LogP contribution in [-0.2, 0) is 0 Å². The molecular formula is C13H22O. The Morgan fingerprint density at radius 1 is 1.36 bits per heavy atom. The summed E-state index contributed by atoms with van der Waals surface area (Å²) in [6.07, 6.45) is 7.60. The summed E-state index contributed by atoms with van der Waals surface area (Å²) < 4.78 is 0. The second-order valence-corrected chi connectivity index (χ2v) is 3.82. The van der Waals surface area contributed by atoms with Gasteiger partial charge in [0.1, 0.15) is 0 Å². The van der Waals surface area contributed by atoms with Crippen molar-refractivity contribution in [2.45, 2.75) is 45.6 Å². The first kappa shape index (κ1) is 13.2. The van der Waals surface area contributed by atoms with E-state index in [2.05, 4.69) is 26.2 Å². The molecule has 0 fully saturated rings. The summed E-state index contributed by atoms with van der Waals surface area (Å²) in [5, 5.41) is 9.50. The van der Waals surface area contributed by atoms with Crippen molar-refractivity contribution >= 4 is 0 Å². The minimum Gasteiger partial charge on any atom is -0.389 e. The fraction of sp³-hybridized carbons (Fsp3) is 0.538. The molecule has 0 heterocycles. The largest absolute Gasteiger partial charge is 0.389 e. The third-order valence-electron chi connectivity index (χ3n) is 2.24. The first-order chi connectivity index (χ1) is 6.57. The summed E-state index contributed by atoms with van der Waals surface area (Å²) in [5.74, 6) is 0. The molecule has 1 nitrogen and oxygen atoms in total. The van der Waals surface area contributed by atoms with E-state index in [1.54, 1.807) is 0 Å². The standard InChI is InChI=1S/C13H22O/c1-5-6-7-8-12(4)9-10-13(14)11(2)3/h5,8,13-14H,1-2,6-7,9-10H2,3-4H3/b12-8+. The molecule has 0 saturated carbocycles. The van der Waals surface area contributed by atoms with Gasteiger partial charge in [-0.1, -0.05) is 29.9 Å². The smallest absolute Gasteiger partial charge is 0.0747 e. The molecule has 0 aromatic rings. The highest BCUT2D eigenvalue weighted by atomic mass is 16.3. The Morgan fingerprint density at radius 3 is 2.50 bits per heavy atom. The quantitative estimate of drug-likeness (QED) is 0.485. The van der Waals surface area contributed by atoms with Crippen molar-refractivity contribution < 1.29 is 5.11 Å². The Labute approximate surface area is 87.8 Å². The summed E-state index contributed by atoms with van der Waals surface area (Å²) in [6, 6.07) is 0. The fourth-order valence-electron chi connectivity index (χ4n) is 1.16. The molecule has 1 N–H and O–H groups in total. The monoisotopic (exact) mass is 194 g/mol. The van der Waals surface area contributed by atoms with Crippen LogP contribution < -0.4 is 0 Å². The predicted octanol–water partition coefficient (Wildman–Crippen LogP) is 3.62. The number of aliphatic hydroxyl groups is 1. The minimum absolute atomic E-state index is 0.349. The molecule has 0 aliphatic heterocycles. The van der Waals surface area contributed by atoms with E-state index in [1.165, 1.54) is 5.57 Å². The highest BCUT2D eigenvalue weighted by Crippen LogP contribution is 2.12. The van der Waals surface area contributed by atoms with Crippen LogP contribution in [0.25, 0.3) is 0 Å². The first-order valence-electron chi connectivity index (χ1n) is 5.18. The lowest BCUT2D eigenvalue weighted by Crippen LogP contribution is -2.06. The van der Waals surface area contributed by atoms with Crippen LogP contribution in [0.4, 0.5) is 0 Å². The maximum absolute atomic E-state index is 9.50. The fourth-order valence-corrected chi connectivity index (χ4v) is 1.16. The number of unbranched alkanes of at least 4 members (excludes halogenated alkanes) is 1. The summed E-state index contributed by atoms with van der Waals surface area (Å²) in [5.41, 5.74) is 2.19. The molecule has 0 amide bonds. The average Bonchev–Trinajstić information content (AvgIpc) is 2.14. The normalized spacial score (nSPS) is 13.8. The Hall–Kier alpha value is -0.820. The molecule has 1 atom stereocenters. The first-order valence-corrected chi connectivity index (χ1v) is 5.18. The van der Waals surface area contributed by atoms with Crippen molar-refractivity contribution in [3.8, 4) is 0 Å². The van der Waals surface area contributed by atoms with Crippen molar-refractivity contribution in [2.75, 3.05) is 0 Å². The third kappa shape index (κ3) is 6.67. The summed E-state index contributed by atoms with van der Waals surface area (Å²) in [6.45, 7) is 11.4. The van der Waals surface area contributed by atoms with Gasteiger partial charge in [0.15, 0.2) is 0 Å². The van der Waals surface area contributed by atoms with E-state index >= 15 is 0 Å². The molecule has 14 heavy (non-hydrogen) atoms. The maximum atomic E-state index is 9.50. The Morgan fingerprint density at radius 2 is 2.00 bits per heavy atom. The van der Waals surface area contributed by atoms with Crippen LogP contribution in [-0.4, -0.2) is 11.2 Å². The van der Waals surface area contributed by atoms with Crippen molar-refractivity contribution in [3.63, 3.8) is 0 Å². The minimum atomic E-state index is -0.349. The highest BCUT2D eigenvalue weighted by Gasteiger charge is 2.03. The second-order valence-electron chi connectivity index (χ2n) is 3.82. The highest BCUT2D eigenvalue weighted by molar-refractivity contribution is 5.02. The van der Waals surface area contributed by atoms with E-state index < -0.39 is 0 Å². The van der Waals surface area contributed by atoms with E-state index in [4.69, 9.17) is 0 Å². The summed E-state index contributed by atoms with van der Waals surface area (Å²) >= 11 is 0. The van der Waals surface area contributed by atoms with Crippen LogP contribution in [0, 0.1) is 0 Å². The molecule has 0 aromatic heterocycles. The lowest BCUT2D eigenvalue weighted by molar-refractivity contribution is 0.201. The zero-order chi connectivity index (χ0) is 11.0. The molecule has 0 rings (SSSR count). The molecule has 80 valence electrons. The molecule has 0 saturated heterocycles. The van der Waals surface area contributed by atoms with Gasteiger partial charge in [-0.25, -0.2) is 0 Å². The molecule has 0 aliphatic carbocycles. The molecule has 1 unspecified atom stereocenters. The van der Waals surface area contributed by atoms with Crippen molar-refractivity contribution in [1.82, 2.24) is 0 Å². The van der Waals surface area contributed by atoms with E-state index in [-0.39, 0.29) is 6.10 Å². The lowest BCUT2D eigenvalue weighted by atomic mass is 10.0. The van der Waals surface area contributed by atoms with Gasteiger partial charge in [0.25, 0.3) is 0 Å². The topological polar surface area (TPSA) is 20.2 Å². The van der Waals surface area contributed by atoms with Gasteiger partial charge in [0, 0.05) is 0 Å². The van der Waals surface area contributed by atoms with Crippen LogP contribution in [0.15, 0.2) is 36.5 Å². The molecule has 0 aliphatic rings. The number of hydrogen-bond acceptors (Lipinski definition) is 1. The average molecular weight is 194 g/mol. The Balaban J connectivity index is 3.71. The number of aliphatic hydroxyl groups excluding tert-OH is 1. The Kier molecular flexibility index (Phi) is 7.13. The molecular weight excluding hydrogens is 172 g/mol. The van der Waals surface area contributed by atoms with Crippen LogP contribution in [0.1, 0.15) is 39.5 Å². The zero-order valence-electron chi connectivity index (χ0n) is 9.42. The molecule has 0 aromatic carbocycles. The third-order valence-corrected chi connectivity index (χ3v) is 2.24. The zero-order valence-corrected chi connectivity index (χ0v) is 9.42. The van der Waals surface area contributed by atoms with Crippen molar-refractivity contribution in [2.24, 2.45) is 0 Å². The Bertz CT molecular complexity index is 213. The lowest BCUT2D eigenvalue weighted by Gasteiger charge is -2.09. The van der Waals surface area contributed by atoms with E-state index in [9.17, 15) is 5.11 Å². The van der Waals surface area contributed by atoms with E-state index in [0.29, 0.717) is 0 Å². The maximum Gasteiger partial charge on any atom is 0.0747 e. The van der Waals surface area contributed by atoms with Crippen LogP contribution in [0.5, 0.6) is 0 Å². The van der Waals surface area contributed by atoms with Crippen LogP contribution in [0.2, 0.25) is 0 Å². The number of rotatable bonds is 7. The summed E-state index contributed by atoms with van der Waals surface area (Å²) in [4.78, 5) is 0. The van der Waals surface area contributed by atoms with Crippen molar-refractivity contribution in [3.05, 3.63) is 36.5 Å². The molecule has 0 bridgehead atoms. The van der Waals surface area contributed by atoms with E-state index in [1.807, 2.05) is 13.0 Å². The van der Waals surface area contributed by atoms with Gasteiger partial charge in [0.2, 0.25) is 0 Å². The number of allylic oxidation sites excluding steroid dienone is 3. The van der Waals surface area contributed by atoms with Gasteiger partial charge >= 0.3 is 0 Å². The van der Waals surface area contributed by atoms with E-state index in [0.717, 1.165) is 31.3 Å². The van der Waals surface area contributed by atoms with Crippen LogP contribution in [0.3, 0.4) is 0 Å². The van der Waals surface area contributed by atoms with Gasteiger partial charge in [-0.2, -0.15) is 0 Å². The number of hydrogen-bond donors (Lipinski definition) is 1. The van der Waals surface area contributed by atoms with Crippen LogP contribution >= 0.6 is 0 Å². The predicted molar refractivity (Wildman–Crippen MR) is 63.2 cm³/mol. The molecule has 0 radical (unpaired) electrons. The van der Waals surface area contributed by atoms with Crippen molar-refractivity contribution in [1.29, 1.82) is 0 Å². The van der Waals surface area contributed by atoms with Gasteiger partial charge in [-0.3, -0.25) is 0 Å². The van der Waals surface area contributed by atoms with Gasteiger partial charge in [0.05, 0.1) is 6.10 Å².